The molecule has 1 N–H and O–H groups in total. The lowest BCUT2D eigenvalue weighted by atomic mass is 9.95. The lowest BCUT2D eigenvalue weighted by Gasteiger charge is -2.12. The number of hydrogen-bond acceptors (Lipinski definition) is 2. The van der Waals surface area contributed by atoms with E-state index in [1.165, 1.54) is 36.8 Å². The summed E-state index contributed by atoms with van der Waals surface area (Å²) in [5.74, 6) is 0. The van der Waals surface area contributed by atoms with Gasteiger partial charge in [0.15, 0.2) is 0 Å². The van der Waals surface area contributed by atoms with Gasteiger partial charge in [0, 0.05) is 24.5 Å². The van der Waals surface area contributed by atoms with Crippen molar-refractivity contribution in [1.82, 2.24) is 10.3 Å². The Morgan fingerprint density at radius 3 is 3.31 bits per heavy atom. The molecular weight excluding hydrogens is 160 g/mol. The molecule has 1 aromatic heterocycles. The van der Waals surface area contributed by atoms with E-state index in [0.717, 1.165) is 6.04 Å². The van der Waals surface area contributed by atoms with E-state index < -0.39 is 0 Å². The van der Waals surface area contributed by atoms with Crippen molar-refractivity contribution in [3.63, 3.8) is 0 Å². The molecule has 3 rings (SSSR count). The van der Waals surface area contributed by atoms with Crippen LogP contribution in [-0.4, -0.2) is 11.0 Å². The highest BCUT2D eigenvalue weighted by atomic mass is 15.0. The second-order valence-corrected chi connectivity index (χ2v) is 4.11. The van der Waals surface area contributed by atoms with Gasteiger partial charge in [-0.1, -0.05) is 0 Å². The number of aromatic nitrogens is 1. The van der Waals surface area contributed by atoms with E-state index in [2.05, 4.69) is 16.4 Å². The number of hydrogen-bond donors (Lipinski definition) is 1. The third-order valence-electron chi connectivity index (χ3n) is 3.32. The molecule has 13 heavy (non-hydrogen) atoms. The molecule has 68 valence electrons. The van der Waals surface area contributed by atoms with Crippen molar-refractivity contribution in [3.05, 3.63) is 29.6 Å². The van der Waals surface area contributed by atoms with Gasteiger partial charge in [-0.15, -0.1) is 0 Å². The molecule has 1 fully saturated rings. The summed E-state index contributed by atoms with van der Waals surface area (Å²) < 4.78 is 0. The van der Waals surface area contributed by atoms with Crippen LogP contribution in [0.4, 0.5) is 0 Å². The van der Waals surface area contributed by atoms with Crippen LogP contribution in [0, 0.1) is 0 Å². The van der Waals surface area contributed by atoms with E-state index in [1.54, 1.807) is 0 Å². The zero-order chi connectivity index (χ0) is 8.67. The van der Waals surface area contributed by atoms with E-state index in [1.807, 2.05) is 12.4 Å². The molecule has 0 aromatic carbocycles. The quantitative estimate of drug-likeness (QED) is 0.649. The molecule has 0 saturated carbocycles. The van der Waals surface area contributed by atoms with Crippen LogP contribution in [0.2, 0.25) is 0 Å². The molecule has 1 saturated heterocycles. The van der Waals surface area contributed by atoms with Gasteiger partial charge in [-0.3, -0.25) is 4.98 Å². The van der Waals surface area contributed by atoms with E-state index in [9.17, 15) is 0 Å². The fraction of sp³-hybridized carbons (Fsp3) is 0.545. The highest BCUT2D eigenvalue weighted by Gasteiger charge is 2.29. The summed E-state index contributed by atoms with van der Waals surface area (Å²) >= 11 is 0. The van der Waals surface area contributed by atoms with E-state index >= 15 is 0 Å². The summed E-state index contributed by atoms with van der Waals surface area (Å²) in [7, 11) is 0. The Hall–Kier alpha value is -0.890. The predicted octanol–water partition coefficient (Wildman–Crippen LogP) is 1.82. The summed E-state index contributed by atoms with van der Waals surface area (Å²) in [4.78, 5) is 4.22. The topological polar surface area (TPSA) is 24.9 Å². The van der Waals surface area contributed by atoms with Crippen molar-refractivity contribution in [2.24, 2.45) is 0 Å². The van der Waals surface area contributed by atoms with Crippen LogP contribution in [0.5, 0.6) is 0 Å². The fourth-order valence-corrected chi connectivity index (χ4v) is 2.60. The zero-order valence-corrected chi connectivity index (χ0v) is 7.66. The Morgan fingerprint density at radius 2 is 2.31 bits per heavy atom. The number of nitrogens with zero attached hydrogens (tertiary/aromatic N) is 1. The molecule has 2 aliphatic heterocycles. The first-order valence-electron chi connectivity index (χ1n) is 5.12. The highest BCUT2D eigenvalue weighted by molar-refractivity contribution is 5.29. The third kappa shape index (κ3) is 1.17. The minimum atomic E-state index is 0.594. The smallest absolute Gasteiger partial charge is 0.0341 e. The number of nitrogens with one attached hydrogen (secondary N) is 1. The van der Waals surface area contributed by atoms with Crippen molar-refractivity contribution in [2.75, 3.05) is 0 Å². The summed E-state index contributed by atoms with van der Waals surface area (Å²) in [6, 6.07) is 3.53. The molecule has 0 aliphatic carbocycles. The van der Waals surface area contributed by atoms with Crippen molar-refractivity contribution < 1.29 is 0 Å². The minimum Gasteiger partial charge on any atom is -0.307 e. The molecule has 2 atom stereocenters. The number of aryl methyl sites for hydroxylation is 1. The summed E-state index contributed by atoms with van der Waals surface area (Å²) in [6.45, 7) is 0. The third-order valence-corrected chi connectivity index (χ3v) is 3.32. The average Bonchev–Trinajstić information content (AvgIpc) is 2.54. The predicted molar refractivity (Wildman–Crippen MR) is 51.5 cm³/mol. The molecule has 2 aliphatic rings. The highest BCUT2D eigenvalue weighted by Crippen LogP contribution is 2.33. The molecule has 3 heterocycles. The van der Waals surface area contributed by atoms with E-state index in [4.69, 9.17) is 0 Å². The van der Waals surface area contributed by atoms with Gasteiger partial charge >= 0.3 is 0 Å². The molecule has 2 nitrogen and oxygen atoms in total. The Balaban J connectivity index is 2.07. The number of pyridine rings is 1. The summed E-state index contributed by atoms with van der Waals surface area (Å²) in [6.07, 6.45) is 9.13. The second-order valence-electron chi connectivity index (χ2n) is 4.11. The largest absolute Gasteiger partial charge is 0.307 e. The van der Waals surface area contributed by atoms with Gasteiger partial charge in [-0.25, -0.2) is 0 Å². The SMILES string of the molecule is c1cc2c(cn1)[C@H]1CC[C@@H](CC2)N1. The number of fused-ring (bicyclic) bond motifs is 4. The van der Waals surface area contributed by atoms with Crippen LogP contribution in [0.1, 0.15) is 36.4 Å². The molecule has 0 radical (unpaired) electrons. The van der Waals surface area contributed by atoms with Gasteiger partial charge in [0.1, 0.15) is 0 Å². The average molecular weight is 174 g/mol. The van der Waals surface area contributed by atoms with Gasteiger partial charge in [0.2, 0.25) is 0 Å². The molecule has 0 unspecified atom stereocenters. The van der Waals surface area contributed by atoms with E-state index in [0.29, 0.717) is 6.04 Å². The summed E-state index contributed by atoms with van der Waals surface area (Å²) in [5, 5.41) is 3.67. The first-order chi connectivity index (χ1) is 6.43. The fourth-order valence-electron chi connectivity index (χ4n) is 2.60. The maximum absolute atomic E-state index is 4.22. The molecule has 1 aromatic rings. The van der Waals surface area contributed by atoms with Crippen molar-refractivity contribution in [1.29, 1.82) is 0 Å². The normalized spacial score (nSPS) is 31.1. The maximum atomic E-state index is 4.22. The van der Waals surface area contributed by atoms with Gasteiger partial charge in [0.25, 0.3) is 0 Å². The van der Waals surface area contributed by atoms with Crippen molar-refractivity contribution >= 4 is 0 Å². The first kappa shape index (κ1) is 7.51. The van der Waals surface area contributed by atoms with Gasteiger partial charge < -0.3 is 5.32 Å². The Bertz CT molecular complexity index is 322. The van der Waals surface area contributed by atoms with Crippen LogP contribution in [0.3, 0.4) is 0 Å². The van der Waals surface area contributed by atoms with Gasteiger partial charge in [0.05, 0.1) is 0 Å². The van der Waals surface area contributed by atoms with Crippen LogP contribution >= 0.6 is 0 Å². The monoisotopic (exact) mass is 174 g/mol. The van der Waals surface area contributed by atoms with Crippen LogP contribution in [-0.2, 0) is 6.42 Å². The van der Waals surface area contributed by atoms with Gasteiger partial charge in [-0.2, -0.15) is 0 Å². The molecular formula is C11H14N2. The molecule has 0 spiro atoms. The molecule has 2 heteroatoms. The van der Waals surface area contributed by atoms with Gasteiger partial charge in [-0.05, 0) is 42.9 Å². The maximum Gasteiger partial charge on any atom is 0.0341 e. The molecule has 0 amide bonds. The lowest BCUT2D eigenvalue weighted by Crippen LogP contribution is -2.21. The Labute approximate surface area is 78.4 Å². The van der Waals surface area contributed by atoms with Crippen LogP contribution < -0.4 is 5.32 Å². The van der Waals surface area contributed by atoms with Crippen molar-refractivity contribution in [3.8, 4) is 0 Å². The Morgan fingerprint density at radius 1 is 1.31 bits per heavy atom. The second kappa shape index (κ2) is 2.81. The number of rotatable bonds is 0. The standard InChI is InChI=1S/C11H14N2/c1-2-9-3-4-11(13-9)10-7-12-6-5-8(1)10/h5-7,9,11,13H,1-4H2/t9-,11-/m1/s1. The minimum absolute atomic E-state index is 0.594. The summed E-state index contributed by atoms with van der Waals surface area (Å²) in [5.41, 5.74) is 2.96. The zero-order valence-electron chi connectivity index (χ0n) is 7.66. The van der Waals surface area contributed by atoms with Crippen LogP contribution in [0.15, 0.2) is 18.5 Å². The first-order valence-corrected chi connectivity index (χ1v) is 5.12. The van der Waals surface area contributed by atoms with E-state index in [-0.39, 0.29) is 0 Å². The van der Waals surface area contributed by atoms with Crippen LogP contribution in [0.25, 0.3) is 0 Å². The lowest BCUT2D eigenvalue weighted by molar-refractivity contribution is 0.542. The Kier molecular flexibility index (Phi) is 1.62. The molecule has 2 bridgehead atoms. The van der Waals surface area contributed by atoms with Crippen molar-refractivity contribution in [2.45, 2.75) is 37.8 Å².